The zero-order valence-electron chi connectivity index (χ0n) is 11.4. The highest BCUT2D eigenvalue weighted by Crippen LogP contribution is 2.28. The molecule has 1 saturated heterocycles. The van der Waals surface area contributed by atoms with Crippen LogP contribution in [-0.2, 0) is 14.8 Å². The van der Waals surface area contributed by atoms with Gasteiger partial charge in [-0.15, -0.1) is 11.3 Å². The summed E-state index contributed by atoms with van der Waals surface area (Å²) in [6, 6.07) is 0. The molecular formula is C11H15N5O3S2. The van der Waals surface area contributed by atoms with Gasteiger partial charge in [-0.1, -0.05) is 0 Å². The lowest BCUT2D eigenvalue weighted by atomic mass is 10.4. The van der Waals surface area contributed by atoms with E-state index in [2.05, 4.69) is 15.6 Å². The SMILES string of the molecule is CNc1nc2sccn2c1S(=O)(=O)N1CCNC(=O)CC1. The molecule has 0 bridgehead atoms. The van der Waals surface area contributed by atoms with E-state index in [1.54, 1.807) is 23.0 Å². The number of hydrogen-bond acceptors (Lipinski definition) is 6. The van der Waals surface area contributed by atoms with Crippen molar-refractivity contribution in [2.45, 2.75) is 11.4 Å². The number of nitrogens with one attached hydrogen (secondary N) is 2. The lowest BCUT2D eigenvalue weighted by Gasteiger charge is -2.19. The van der Waals surface area contributed by atoms with Gasteiger partial charge in [0.15, 0.2) is 15.8 Å². The van der Waals surface area contributed by atoms with Crippen LogP contribution in [0.15, 0.2) is 16.6 Å². The molecule has 2 aromatic heterocycles. The Morgan fingerprint density at radius 1 is 1.43 bits per heavy atom. The van der Waals surface area contributed by atoms with Gasteiger partial charge >= 0.3 is 0 Å². The number of carbonyl (C=O) groups excluding carboxylic acids is 1. The molecule has 1 aliphatic heterocycles. The van der Waals surface area contributed by atoms with Crippen LogP contribution in [0.5, 0.6) is 0 Å². The molecule has 1 amide bonds. The van der Waals surface area contributed by atoms with Gasteiger partial charge in [-0.25, -0.2) is 13.4 Å². The highest BCUT2D eigenvalue weighted by atomic mass is 32.2. The Hall–Kier alpha value is -1.65. The second-order valence-corrected chi connectivity index (χ2v) is 7.30. The Morgan fingerprint density at radius 2 is 2.24 bits per heavy atom. The first kappa shape index (κ1) is 14.3. The van der Waals surface area contributed by atoms with E-state index in [0.717, 1.165) is 0 Å². The smallest absolute Gasteiger partial charge is 0.262 e. The molecule has 0 aromatic carbocycles. The van der Waals surface area contributed by atoms with E-state index in [4.69, 9.17) is 0 Å². The summed E-state index contributed by atoms with van der Waals surface area (Å²) in [6.07, 6.45) is 1.85. The summed E-state index contributed by atoms with van der Waals surface area (Å²) in [4.78, 5) is 16.3. The molecular weight excluding hydrogens is 314 g/mol. The number of anilines is 1. The Kier molecular flexibility index (Phi) is 3.59. The maximum Gasteiger partial charge on any atom is 0.262 e. The van der Waals surface area contributed by atoms with Gasteiger partial charge in [-0.3, -0.25) is 9.20 Å². The van der Waals surface area contributed by atoms with Crippen LogP contribution in [-0.4, -0.2) is 54.7 Å². The Bertz CT molecular complexity index is 779. The highest BCUT2D eigenvalue weighted by Gasteiger charge is 2.32. The van der Waals surface area contributed by atoms with E-state index in [9.17, 15) is 13.2 Å². The average Bonchev–Trinajstić information content (AvgIpc) is 2.94. The number of aromatic nitrogens is 2. The predicted molar refractivity (Wildman–Crippen MR) is 79.0 cm³/mol. The van der Waals surface area contributed by atoms with Crippen LogP contribution in [0.4, 0.5) is 5.82 Å². The predicted octanol–water partition coefficient (Wildman–Crippen LogP) is -0.0519. The minimum Gasteiger partial charge on any atom is -0.371 e. The van der Waals surface area contributed by atoms with Gasteiger partial charge in [0.05, 0.1) is 0 Å². The molecule has 114 valence electrons. The molecule has 3 rings (SSSR count). The van der Waals surface area contributed by atoms with Crippen molar-refractivity contribution >= 4 is 38.0 Å². The molecule has 2 N–H and O–H groups in total. The van der Waals surface area contributed by atoms with Crippen LogP contribution in [0.25, 0.3) is 4.96 Å². The summed E-state index contributed by atoms with van der Waals surface area (Å²) in [5, 5.41) is 7.41. The summed E-state index contributed by atoms with van der Waals surface area (Å²) in [5.41, 5.74) is 0. The van der Waals surface area contributed by atoms with Crippen molar-refractivity contribution < 1.29 is 13.2 Å². The highest BCUT2D eigenvalue weighted by molar-refractivity contribution is 7.89. The van der Waals surface area contributed by atoms with Gasteiger partial charge in [0.25, 0.3) is 10.0 Å². The minimum atomic E-state index is -3.72. The molecule has 0 radical (unpaired) electrons. The monoisotopic (exact) mass is 329 g/mol. The van der Waals surface area contributed by atoms with Crippen LogP contribution in [0.1, 0.15) is 6.42 Å². The Labute approximate surface area is 125 Å². The van der Waals surface area contributed by atoms with Crippen molar-refractivity contribution in [3.05, 3.63) is 11.6 Å². The minimum absolute atomic E-state index is 0.121. The van der Waals surface area contributed by atoms with Crippen LogP contribution >= 0.6 is 11.3 Å². The van der Waals surface area contributed by atoms with Gasteiger partial charge in [0, 0.05) is 44.7 Å². The van der Waals surface area contributed by atoms with Gasteiger partial charge in [0.1, 0.15) is 0 Å². The molecule has 21 heavy (non-hydrogen) atoms. The van der Waals surface area contributed by atoms with Gasteiger partial charge in [0.2, 0.25) is 5.91 Å². The van der Waals surface area contributed by atoms with Gasteiger partial charge < -0.3 is 10.6 Å². The summed E-state index contributed by atoms with van der Waals surface area (Å²) >= 11 is 1.37. The van der Waals surface area contributed by atoms with Gasteiger partial charge in [-0.05, 0) is 0 Å². The molecule has 3 heterocycles. The summed E-state index contributed by atoms with van der Waals surface area (Å²) in [7, 11) is -2.08. The van der Waals surface area contributed by atoms with E-state index in [0.29, 0.717) is 17.3 Å². The first-order chi connectivity index (χ1) is 10.0. The molecule has 1 aliphatic rings. The third-order valence-corrected chi connectivity index (χ3v) is 5.99. The zero-order chi connectivity index (χ0) is 15.0. The van der Waals surface area contributed by atoms with Crippen LogP contribution in [0, 0.1) is 0 Å². The number of sulfonamides is 1. The first-order valence-corrected chi connectivity index (χ1v) is 8.76. The maximum atomic E-state index is 12.9. The van der Waals surface area contributed by atoms with Crippen LogP contribution < -0.4 is 10.6 Å². The number of amides is 1. The molecule has 2 aromatic rings. The molecule has 1 fully saturated rings. The zero-order valence-corrected chi connectivity index (χ0v) is 13.0. The topological polar surface area (TPSA) is 95.8 Å². The number of thiazole rings is 1. The molecule has 0 aliphatic carbocycles. The van der Waals surface area contributed by atoms with Crippen molar-refractivity contribution in [2.75, 3.05) is 32.0 Å². The first-order valence-electron chi connectivity index (χ1n) is 6.44. The summed E-state index contributed by atoms with van der Waals surface area (Å²) in [5.74, 6) is 0.195. The summed E-state index contributed by atoms with van der Waals surface area (Å²) in [6.45, 7) is 0.752. The third kappa shape index (κ3) is 2.39. The third-order valence-electron chi connectivity index (χ3n) is 3.31. The van der Waals surface area contributed by atoms with Crippen molar-refractivity contribution in [1.29, 1.82) is 0 Å². The van der Waals surface area contributed by atoms with Crippen molar-refractivity contribution in [1.82, 2.24) is 19.0 Å². The molecule has 0 unspecified atom stereocenters. The quantitative estimate of drug-likeness (QED) is 0.823. The van der Waals surface area contributed by atoms with E-state index in [1.807, 2.05) is 0 Å². The second kappa shape index (κ2) is 5.28. The molecule has 0 atom stereocenters. The number of imidazole rings is 1. The Balaban J connectivity index is 2.07. The number of rotatable bonds is 3. The standard InChI is InChI=1S/C11H15N5O3S2/c1-12-9-10(16-6-7-20-11(16)14-9)21(18,19)15-4-2-8(17)13-3-5-15/h6-7,12H,2-5H2,1H3,(H,13,17). The summed E-state index contributed by atoms with van der Waals surface area (Å²) < 4.78 is 28.7. The number of carbonyl (C=O) groups is 1. The van der Waals surface area contributed by atoms with E-state index >= 15 is 0 Å². The fourth-order valence-electron chi connectivity index (χ4n) is 2.28. The Morgan fingerprint density at radius 3 is 3.00 bits per heavy atom. The maximum absolute atomic E-state index is 12.9. The number of hydrogen-bond donors (Lipinski definition) is 2. The molecule has 0 spiro atoms. The molecule has 10 heteroatoms. The average molecular weight is 329 g/mol. The van der Waals surface area contributed by atoms with Crippen molar-refractivity contribution in [3.8, 4) is 0 Å². The second-order valence-electron chi connectivity index (χ2n) is 4.58. The van der Waals surface area contributed by atoms with Crippen molar-refractivity contribution in [2.24, 2.45) is 0 Å². The fourth-order valence-corrected chi connectivity index (χ4v) is 4.75. The number of fused-ring (bicyclic) bond motifs is 1. The largest absolute Gasteiger partial charge is 0.371 e. The van der Waals surface area contributed by atoms with Crippen LogP contribution in [0.3, 0.4) is 0 Å². The van der Waals surface area contributed by atoms with Crippen LogP contribution in [0.2, 0.25) is 0 Å². The van der Waals surface area contributed by atoms with Crippen molar-refractivity contribution in [3.63, 3.8) is 0 Å². The normalized spacial score (nSPS) is 17.7. The van der Waals surface area contributed by atoms with E-state index < -0.39 is 10.0 Å². The lowest BCUT2D eigenvalue weighted by Crippen LogP contribution is -2.35. The van der Waals surface area contributed by atoms with Gasteiger partial charge in [-0.2, -0.15) is 4.31 Å². The van der Waals surface area contributed by atoms with E-state index in [-0.39, 0.29) is 30.4 Å². The molecule has 8 nitrogen and oxygen atoms in total. The van der Waals surface area contributed by atoms with E-state index in [1.165, 1.54) is 15.6 Å². The fraction of sp³-hybridized carbons (Fsp3) is 0.455. The molecule has 0 saturated carbocycles. The lowest BCUT2D eigenvalue weighted by molar-refractivity contribution is -0.120. The number of nitrogens with zero attached hydrogens (tertiary/aromatic N) is 3.